The van der Waals surface area contributed by atoms with Crippen LogP contribution >= 0.6 is 0 Å². The Morgan fingerprint density at radius 1 is 1.59 bits per heavy atom. The van der Waals surface area contributed by atoms with Gasteiger partial charge in [-0.2, -0.15) is 0 Å². The second-order valence-electron chi connectivity index (χ2n) is 5.67. The van der Waals surface area contributed by atoms with Gasteiger partial charge in [0, 0.05) is 18.3 Å². The molecule has 2 rings (SSSR count). The van der Waals surface area contributed by atoms with Gasteiger partial charge in [0.25, 0.3) is 0 Å². The molecule has 0 aromatic rings. The van der Waals surface area contributed by atoms with E-state index in [9.17, 15) is 4.79 Å². The number of rotatable bonds is 2. The topological polar surface area (TPSA) is 35.5 Å². The van der Waals surface area contributed by atoms with Crippen molar-refractivity contribution in [1.29, 1.82) is 0 Å². The molecule has 96 valence electrons. The van der Waals surface area contributed by atoms with Gasteiger partial charge in [-0.05, 0) is 26.2 Å². The van der Waals surface area contributed by atoms with Gasteiger partial charge in [-0.15, -0.1) is 0 Å². The molecule has 1 aliphatic carbocycles. The van der Waals surface area contributed by atoms with E-state index in [-0.39, 0.29) is 17.5 Å². The van der Waals surface area contributed by atoms with E-state index >= 15 is 0 Å². The fourth-order valence-electron chi connectivity index (χ4n) is 3.10. The SMILES string of the molecule is CC(=O)OC[C@@]12CO[C@H](C)[C@@H](C1)C(C)=C[C@@H]2C. The lowest BCUT2D eigenvalue weighted by Crippen LogP contribution is -2.50. The Bertz CT molecular complexity index is 347. The van der Waals surface area contributed by atoms with E-state index in [1.54, 1.807) is 0 Å². The molecule has 1 heterocycles. The van der Waals surface area contributed by atoms with Crippen LogP contribution in [0.5, 0.6) is 0 Å². The Labute approximate surface area is 103 Å². The van der Waals surface area contributed by atoms with Crippen molar-refractivity contribution in [3.05, 3.63) is 11.6 Å². The van der Waals surface area contributed by atoms with Crippen molar-refractivity contribution >= 4 is 5.97 Å². The minimum absolute atomic E-state index is 0.0116. The average molecular weight is 238 g/mol. The molecule has 0 aromatic carbocycles. The highest BCUT2D eigenvalue weighted by Crippen LogP contribution is 2.48. The van der Waals surface area contributed by atoms with Crippen LogP contribution in [-0.2, 0) is 14.3 Å². The Morgan fingerprint density at radius 2 is 2.29 bits per heavy atom. The van der Waals surface area contributed by atoms with Gasteiger partial charge >= 0.3 is 5.97 Å². The first kappa shape index (κ1) is 12.6. The zero-order valence-corrected chi connectivity index (χ0v) is 11.2. The van der Waals surface area contributed by atoms with Crippen LogP contribution in [0.25, 0.3) is 0 Å². The number of carbonyl (C=O) groups is 1. The fraction of sp³-hybridized carbons (Fsp3) is 0.786. The molecule has 3 heteroatoms. The van der Waals surface area contributed by atoms with Crippen LogP contribution in [0.3, 0.4) is 0 Å². The molecule has 1 fully saturated rings. The minimum Gasteiger partial charge on any atom is -0.465 e. The first-order chi connectivity index (χ1) is 7.94. The van der Waals surface area contributed by atoms with E-state index in [1.807, 2.05) is 0 Å². The lowest BCUT2D eigenvalue weighted by Gasteiger charge is -2.49. The smallest absolute Gasteiger partial charge is 0.302 e. The molecule has 0 spiro atoms. The summed E-state index contributed by atoms with van der Waals surface area (Å²) in [5.41, 5.74) is 1.41. The number of hydrogen-bond acceptors (Lipinski definition) is 3. The molecule has 1 aliphatic heterocycles. The Balaban J connectivity index is 2.19. The van der Waals surface area contributed by atoms with Gasteiger partial charge < -0.3 is 9.47 Å². The molecular formula is C14H22O3. The van der Waals surface area contributed by atoms with E-state index in [2.05, 4.69) is 26.8 Å². The standard InChI is InChI=1S/C14H22O3/c1-9-5-10(2)14(8-17-12(4)15)6-13(9)11(3)16-7-14/h5,10-11,13H,6-8H2,1-4H3/t10-,11+,13-,14-/m0/s1. The van der Waals surface area contributed by atoms with Crippen LogP contribution in [0.15, 0.2) is 11.6 Å². The summed E-state index contributed by atoms with van der Waals surface area (Å²) in [4.78, 5) is 11.0. The van der Waals surface area contributed by atoms with Crippen molar-refractivity contribution in [2.45, 2.75) is 40.2 Å². The van der Waals surface area contributed by atoms with Crippen molar-refractivity contribution in [2.24, 2.45) is 17.3 Å². The van der Waals surface area contributed by atoms with E-state index < -0.39 is 0 Å². The van der Waals surface area contributed by atoms with Crippen LogP contribution in [0, 0.1) is 17.3 Å². The van der Waals surface area contributed by atoms with Gasteiger partial charge in [-0.1, -0.05) is 18.6 Å². The minimum atomic E-state index is -0.201. The van der Waals surface area contributed by atoms with Crippen molar-refractivity contribution in [2.75, 3.05) is 13.2 Å². The third kappa shape index (κ3) is 2.25. The maximum absolute atomic E-state index is 11.0. The fourth-order valence-corrected chi connectivity index (χ4v) is 3.10. The van der Waals surface area contributed by atoms with Crippen molar-refractivity contribution < 1.29 is 14.3 Å². The molecule has 1 saturated heterocycles. The summed E-state index contributed by atoms with van der Waals surface area (Å²) in [6, 6.07) is 0. The monoisotopic (exact) mass is 238 g/mol. The van der Waals surface area contributed by atoms with E-state index in [0.717, 1.165) is 6.42 Å². The molecule has 0 aromatic heterocycles. The summed E-state index contributed by atoms with van der Waals surface area (Å²) in [6.45, 7) is 9.16. The number of allylic oxidation sites excluding steroid dienone is 1. The van der Waals surface area contributed by atoms with E-state index in [1.165, 1.54) is 12.5 Å². The number of fused-ring (bicyclic) bond motifs is 2. The molecular weight excluding hydrogens is 216 g/mol. The molecule has 0 unspecified atom stereocenters. The molecule has 3 nitrogen and oxygen atoms in total. The zero-order valence-electron chi connectivity index (χ0n) is 11.2. The summed E-state index contributed by atoms with van der Waals surface area (Å²) in [6.07, 6.45) is 3.69. The third-order valence-electron chi connectivity index (χ3n) is 4.45. The largest absolute Gasteiger partial charge is 0.465 e. The third-order valence-corrected chi connectivity index (χ3v) is 4.45. The molecule has 0 amide bonds. The number of hydrogen-bond donors (Lipinski definition) is 0. The lowest BCUT2D eigenvalue weighted by atomic mass is 9.63. The van der Waals surface area contributed by atoms with Gasteiger partial charge in [0.1, 0.15) is 0 Å². The van der Waals surface area contributed by atoms with Crippen molar-refractivity contribution in [3.8, 4) is 0 Å². The molecule has 2 aliphatic rings. The first-order valence-electron chi connectivity index (χ1n) is 6.38. The van der Waals surface area contributed by atoms with Crippen LogP contribution in [-0.4, -0.2) is 25.3 Å². The Kier molecular flexibility index (Phi) is 3.30. The van der Waals surface area contributed by atoms with Crippen LogP contribution in [0.1, 0.15) is 34.1 Å². The summed E-state index contributed by atoms with van der Waals surface area (Å²) in [5.74, 6) is 0.689. The highest BCUT2D eigenvalue weighted by Gasteiger charge is 2.47. The summed E-state index contributed by atoms with van der Waals surface area (Å²) >= 11 is 0. The van der Waals surface area contributed by atoms with E-state index in [4.69, 9.17) is 9.47 Å². The van der Waals surface area contributed by atoms with Crippen LogP contribution in [0.4, 0.5) is 0 Å². The number of carbonyl (C=O) groups excluding carboxylic acids is 1. The molecule has 0 N–H and O–H groups in total. The zero-order chi connectivity index (χ0) is 12.6. The molecule has 0 radical (unpaired) electrons. The summed E-state index contributed by atoms with van der Waals surface area (Å²) in [7, 11) is 0. The second kappa shape index (κ2) is 4.45. The summed E-state index contributed by atoms with van der Waals surface area (Å²) in [5, 5.41) is 0. The quantitative estimate of drug-likeness (QED) is 0.548. The number of ether oxygens (including phenoxy) is 2. The van der Waals surface area contributed by atoms with Crippen LogP contribution < -0.4 is 0 Å². The first-order valence-corrected chi connectivity index (χ1v) is 6.38. The highest BCUT2D eigenvalue weighted by molar-refractivity contribution is 5.65. The lowest BCUT2D eigenvalue weighted by molar-refractivity contribution is -0.159. The normalized spacial score (nSPS) is 40.7. The maximum Gasteiger partial charge on any atom is 0.302 e. The van der Waals surface area contributed by atoms with Gasteiger partial charge in [-0.25, -0.2) is 0 Å². The van der Waals surface area contributed by atoms with Gasteiger partial charge in [0.15, 0.2) is 0 Å². The predicted molar refractivity (Wildman–Crippen MR) is 65.5 cm³/mol. The molecule has 2 bridgehead atoms. The van der Waals surface area contributed by atoms with Crippen molar-refractivity contribution in [1.82, 2.24) is 0 Å². The Hall–Kier alpha value is -0.830. The summed E-state index contributed by atoms with van der Waals surface area (Å²) < 4.78 is 11.1. The van der Waals surface area contributed by atoms with E-state index in [0.29, 0.717) is 25.0 Å². The second-order valence-corrected chi connectivity index (χ2v) is 5.67. The average Bonchev–Trinajstić information content (AvgIpc) is 2.27. The molecule has 4 atom stereocenters. The number of esters is 1. The van der Waals surface area contributed by atoms with Gasteiger partial charge in [0.05, 0.1) is 19.3 Å². The molecule has 17 heavy (non-hydrogen) atoms. The predicted octanol–water partition coefficient (Wildman–Crippen LogP) is 2.56. The maximum atomic E-state index is 11.0. The Morgan fingerprint density at radius 3 is 2.94 bits per heavy atom. The van der Waals surface area contributed by atoms with Crippen LogP contribution in [0.2, 0.25) is 0 Å². The molecule has 0 saturated carbocycles. The van der Waals surface area contributed by atoms with Crippen molar-refractivity contribution in [3.63, 3.8) is 0 Å². The van der Waals surface area contributed by atoms with Gasteiger partial charge in [-0.3, -0.25) is 4.79 Å². The van der Waals surface area contributed by atoms with Gasteiger partial charge in [0.2, 0.25) is 0 Å². The highest BCUT2D eigenvalue weighted by atomic mass is 16.5.